The van der Waals surface area contributed by atoms with E-state index in [1.165, 1.54) is 18.3 Å². The number of halogens is 2. The van der Waals surface area contributed by atoms with E-state index in [0.29, 0.717) is 22.8 Å². The van der Waals surface area contributed by atoms with Gasteiger partial charge >= 0.3 is 0 Å². The van der Waals surface area contributed by atoms with Crippen molar-refractivity contribution < 1.29 is 9.50 Å². The van der Waals surface area contributed by atoms with Gasteiger partial charge in [0.2, 0.25) is 0 Å². The van der Waals surface area contributed by atoms with Gasteiger partial charge in [-0.3, -0.25) is 4.68 Å². The minimum absolute atomic E-state index is 0.334. The minimum Gasteiger partial charge on any atom is -0.382 e. The predicted molar refractivity (Wildman–Crippen MR) is 68.0 cm³/mol. The zero-order valence-electron chi connectivity index (χ0n) is 9.98. The fourth-order valence-electron chi connectivity index (χ4n) is 1.84. The molecule has 0 spiro atoms. The van der Waals surface area contributed by atoms with Crippen molar-refractivity contribution in [2.75, 3.05) is 0 Å². The van der Waals surface area contributed by atoms with Crippen LogP contribution in [0.1, 0.15) is 30.7 Å². The van der Waals surface area contributed by atoms with Crippen LogP contribution in [-0.4, -0.2) is 14.9 Å². The van der Waals surface area contributed by atoms with Gasteiger partial charge in [-0.1, -0.05) is 30.7 Å². The van der Waals surface area contributed by atoms with Gasteiger partial charge in [0, 0.05) is 6.54 Å². The van der Waals surface area contributed by atoms with Crippen LogP contribution in [0.3, 0.4) is 0 Å². The van der Waals surface area contributed by atoms with Crippen LogP contribution in [-0.2, 0) is 6.54 Å². The second-order valence-corrected chi connectivity index (χ2v) is 4.46. The Morgan fingerprint density at radius 1 is 1.39 bits per heavy atom. The topological polar surface area (TPSA) is 38.0 Å². The van der Waals surface area contributed by atoms with E-state index in [4.69, 9.17) is 11.6 Å². The third kappa shape index (κ3) is 2.54. The van der Waals surface area contributed by atoms with E-state index in [0.717, 1.165) is 6.42 Å². The lowest BCUT2D eigenvalue weighted by atomic mass is 10.1. The Kier molecular flexibility index (Phi) is 3.99. The third-order valence-corrected chi connectivity index (χ3v) is 3.00. The summed E-state index contributed by atoms with van der Waals surface area (Å²) in [5.74, 6) is -0.334. The molecule has 1 heterocycles. The van der Waals surface area contributed by atoms with Crippen molar-refractivity contribution in [1.82, 2.24) is 9.78 Å². The summed E-state index contributed by atoms with van der Waals surface area (Å²) in [7, 11) is 0. The highest BCUT2D eigenvalue weighted by Crippen LogP contribution is 2.28. The number of aryl methyl sites for hydroxylation is 1. The average molecular weight is 269 g/mol. The van der Waals surface area contributed by atoms with E-state index in [2.05, 4.69) is 5.10 Å². The lowest BCUT2D eigenvalue weighted by Crippen LogP contribution is -2.10. The maximum absolute atomic E-state index is 12.8. The summed E-state index contributed by atoms with van der Waals surface area (Å²) in [5.41, 5.74) is 1.14. The van der Waals surface area contributed by atoms with Crippen molar-refractivity contribution in [2.24, 2.45) is 0 Å². The van der Waals surface area contributed by atoms with Crippen molar-refractivity contribution in [2.45, 2.75) is 26.0 Å². The lowest BCUT2D eigenvalue weighted by molar-refractivity contribution is 0.207. The number of rotatable bonds is 4. The van der Waals surface area contributed by atoms with Crippen LogP contribution in [0.15, 0.2) is 30.5 Å². The summed E-state index contributed by atoms with van der Waals surface area (Å²) < 4.78 is 14.5. The first-order valence-corrected chi connectivity index (χ1v) is 6.16. The van der Waals surface area contributed by atoms with Crippen molar-refractivity contribution in [3.8, 4) is 0 Å². The molecule has 0 aliphatic carbocycles. The van der Waals surface area contributed by atoms with Crippen molar-refractivity contribution in [3.63, 3.8) is 0 Å². The number of benzene rings is 1. The maximum Gasteiger partial charge on any atom is 0.123 e. The summed E-state index contributed by atoms with van der Waals surface area (Å²) in [6, 6.07) is 5.71. The number of nitrogens with zero attached hydrogens (tertiary/aromatic N) is 2. The fraction of sp³-hybridized carbons (Fsp3) is 0.308. The minimum atomic E-state index is -0.896. The van der Waals surface area contributed by atoms with Crippen LogP contribution >= 0.6 is 11.6 Å². The number of hydrogen-bond donors (Lipinski definition) is 1. The molecule has 2 rings (SSSR count). The largest absolute Gasteiger partial charge is 0.382 e. The van der Waals surface area contributed by atoms with Gasteiger partial charge < -0.3 is 5.11 Å². The van der Waals surface area contributed by atoms with Gasteiger partial charge in [0.1, 0.15) is 11.9 Å². The Morgan fingerprint density at radius 3 is 2.67 bits per heavy atom. The molecular formula is C13H14ClFN2O. The molecule has 1 aromatic heterocycles. The molecule has 0 saturated carbocycles. The molecule has 1 unspecified atom stereocenters. The quantitative estimate of drug-likeness (QED) is 0.925. The standard InChI is InChI=1S/C13H14ClFN2O/c1-2-7-17-12(11(14)8-16-17)13(18)9-3-5-10(15)6-4-9/h3-6,8,13,18H,2,7H2,1H3. The number of aliphatic hydroxyl groups excluding tert-OH is 1. The zero-order chi connectivity index (χ0) is 13.1. The van der Waals surface area contributed by atoms with Crippen molar-refractivity contribution >= 4 is 11.6 Å². The predicted octanol–water partition coefficient (Wildman–Crippen LogP) is 3.17. The van der Waals surface area contributed by atoms with Gasteiger partial charge in [-0.25, -0.2) is 4.39 Å². The average Bonchev–Trinajstić information content (AvgIpc) is 2.71. The van der Waals surface area contributed by atoms with Crippen molar-refractivity contribution in [1.29, 1.82) is 0 Å². The van der Waals surface area contributed by atoms with Crippen LogP contribution in [0.4, 0.5) is 4.39 Å². The highest BCUT2D eigenvalue weighted by atomic mass is 35.5. The molecule has 1 atom stereocenters. The summed E-state index contributed by atoms with van der Waals surface area (Å²) in [5, 5.41) is 14.8. The molecule has 1 N–H and O–H groups in total. The summed E-state index contributed by atoms with van der Waals surface area (Å²) in [6.45, 7) is 2.70. The lowest BCUT2D eigenvalue weighted by Gasteiger charge is -2.14. The summed E-state index contributed by atoms with van der Waals surface area (Å²) >= 11 is 6.04. The normalized spacial score (nSPS) is 12.7. The Balaban J connectivity index is 2.35. The molecule has 0 saturated heterocycles. The molecule has 0 amide bonds. The van der Waals surface area contributed by atoms with Gasteiger partial charge in [0.25, 0.3) is 0 Å². The van der Waals surface area contributed by atoms with Gasteiger partial charge in [-0.05, 0) is 24.1 Å². The SMILES string of the molecule is CCCn1ncc(Cl)c1C(O)c1ccc(F)cc1. The van der Waals surface area contributed by atoms with E-state index in [9.17, 15) is 9.50 Å². The molecule has 0 aliphatic heterocycles. The molecule has 0 bridgehead atoms. The number of aromatic nitrogens is 2. The molecule has 2 aromatic rings. The molecule has 3 nitrogen and oxygen atoms in total. The summed E-state index contributed by atoms with van der Waals surface area (Å²) in [6.07, 6.45) is 1.51. The van der Waals surface area contributed by atoms with Crippen molar-refractivity contribution in [3.05, 3.63) is 52.6 Å². The Morgan fingerprint density at radius 2 is 2.06 bits per heavy atom. The molecule has 5 heteroatoms. The molecule has 1 aromatic carbocycles. The fourth-order valence-corrected chi connectivity index (χ4v) is 2.08. The molecule has 0 aliphatic rings. The Bertz CT molecular complexity index is 524. The van der Waals surface area contributed by atoms with Gasteiger partial charge in [0.05, 0.1) is 16.9 Å². The monoisotopic (exact) mass is 268 g/mol. The van der Waals surface area contributed by atoms with Crippen LogP contribution in [0.2, 0.25) is 5.02 Å². The first-order valence-electron chi connectivity index (χ1n) is 5.78. The summed E-state index contributed by atoms with van der Waals surface area (Å²) in [4.78, 5) is 0. The Hall–Kier alpha value is -1.39. The maximum atomic E-state index is 12.8. The van der Waals surface area contributed by atoms with E-state index < -0.39 is 6.10 Å². The van der Waals surface area contributed by atoms with Gasteiger partial charge in [-0.2, -0.15) is 5.10 Å². The van der Waals surface area contributed by atoms with Crippen LogP contribution in [0.5, 0.6) is 0 Å². The smallest absolute Gasteiger partial charge is 0.123 e. The highest BCUT2D eigenvalue weighted by molar-refractivity contribution is 6.31. The third-order valence-electron chi connectivity index (χ3n) is 2.71. The van der Waals surface area contributed by atoms with Gasteiger partial charge in [0.15, 0.2) is 0 Å². The molecule has 0 fully saturated rings. The molecular weight excluding hydrogens is 255 g/mol. The van der Waals surface area contributed by atoms with Crippen LogP contribution in [0, 0.1) is 5.82 Å². The first-order chi connectivity index (χ1) is 8.63. The Labute approximate surface area is 110 Å². The van der Waals surface area contributed by atoms with E-state index in [-0.39, 0.29) is 5.82 Å². The van der Waals surface area contributed by atoms with E-state index >= 15 is 0 Å². The molecule has 0 radical (unpaired) electrons. The van der Waals surface area contributed by atoms with Crippen LogP contribution in [0.25, 0.3) is 0 Å². The molecule has 96 valence electrons. The second kappa shape index (κ2) is 5.50. The molecule has 18 heavy (non-hydrogen) atoms. The van der Waals surface area contributed by atoms with Crippen LogP contribution < -0.4 is 0 Å². The van der Waals surface area contributed by atoms with Gasteiger partial charge in [-0.15, -0.1) is 0 Å². The second-order valence-electron chi connectivity index (χ2n) is 4.05. The first kappa shape index (κ1) is 13.1. The zero-order valence-corrected chi connectivity index (χ0v) is 10.7. The highest BCUT2D eigenvalue weighted by Gasteiger charge is 2.19. The van der Waals surface area contributed by atoms with E-state index in [1.807, 2.05) is 6.92 Å². The number of aliphatic hydroxyl groups is 1. The van der Waals surface area contributed by atoms with E-state index in [1.54, 1.807) is 16.8 Å². The number of hydrogen-bond acceptors (Lipinski definition) is 2.